The first kappa shape index (κ1) is 29.4. The van der Waals surface area contributed by atoms with Gasteiger partial charge in [0.1, 0.15) is 18.0 Å². The molecule has 37 heavy (non-hydrogen) atoms. The Morgan fingerprint density at radius 1 is 1.22 bits per heavy atom. The highest BCUT2D eigenvalue weighted by Gasteiger charge is 2.40. The van der Waals surface area contributed by atoms with Crippen molar-refractivity contribution in [1.29, 1.82) is 0 Å². The van der Waals surface area contributed by atoms with Crippen LogP contribution >= 0.6 is 45.8 Å². The summed E-state index contributed by atoms with van der Waals surface area (Å²) < 4.78 is 6.99. The summed E-state index contributed by atoms with van der Waals surface area (Å²) in [6, 6.07) is 11.5. The topological polar surface area (TPSA) is 99.1 Å². The molecule has 0 aliphatic heterocycles. The Bertz CT molecular complexity index is 1200. The third-order valence-corrected chi connectivity index (χ3v) is 7.24. The first-order valence-corrected chi connectivity index (χ1v) is 13.5. The maximum Gasteiger partial charge on any atom is 0.247 e. The Balaban J connectivity index is 2.03. The van der Waals surface area contributed by atoms with Crippen molar-refractivity contribution < 1.29 is 24.5 Å². The number of allylic oxidation sites excluding steroid dienone is 1. The van der Waals surface area contributed by atoms with Crippen LogP contribution in [0.5, 0.6) is 5.75 Å². The maximum atomic E-state index is 13.4. The van der Waals surface area contributed by atoms with Crippen molar-refractivity contribution in [2.75, 3.05) is 13.2 Å². The standard InChI is InChI=1S/C27H29Cl2IN2O5/c1-16(2)11-25(34)32(15-17-7-8-19(28)14-20(17)29)22-12-18(27(36)31-9-10-33)13-24(26(22)35)37-23-6-4-3-5-21(23)30/h3-8,11,13-14,22,24,26,33,35H,9-10,12,15H2,1-2H3,(H,31,36). The van der Waals surface area contributed by atoms with Gasteiger partial charge >= 0.3 is 0 Å². The molecule has 10 heteroatoms. The Morgan fingerprint density at radius 2 is 1.95 bits per heavy atom. The number of rotatable bonds is 9. The fourth-order valence-corrected chi connectivity index (χ4v) is 4.97. The van der Waals surface area contributed by atoms with Crippen molar-refractivity contribution >= 4 is 57.6 Å². The first-order chi connectivity index (χ1) is 17.6. The van der Waals surface area contributed by atoms with Crippen LogP contribution in [-0.2, 0) is 16.1 Å². The largest absolute Gasteiger partial charge is 0.482 e. The van der Waals surface area contributed by atoms with Gasteiger partial charge in [-0.15, -0.1) is 0 Å². The fraction of sp³-hybridized carbons (Fsp3) is 0.333. The highest BCUT2D eigenvalue weighted by atomic mass is 127. The molecule has 0 spiro atoms. The lowest BCUT2D eigenvalue weighted by molar-refractivity contribution is -0.134. The van der Waals surface area contributed by atoms with E-state index >= 15 is 0 Å². The van der Waals surface area contributed by atoms with Crippen molar-refractivity contribution in [3.8, 4) is 5.75 Å². The van der Waals surface area contributed by atoms with E-state index in [1.165, 1.54) is 11.0 Å². The van der Waals surface area contributed by atoms with E-state index in [-0.39, 0.29) is 32.0 Å². The summed E-state index contributed by atoms with van der Waals surface area (Å²) in [6.45, 7) is 3.56. The van der Waals surface area contributed by atoms with E-state index in [4.69, 9.17) is 33.0 Å². The molecule has 1 aliphatic rings. The number of ether oxygens (including phenoxy) is 1. The average molecular weight is 659 g/mol. The minimum Gasteiger partial charge on any atom is -0.482 e. The monoisotopic (exact) mass is 658 g/mol. The molecule has 3 unspecified atom stereocenters. The molecule has 0 fully saturated rings. The summed E-state index contributed by atoms with van der Waals surface area (Å²) in [5.41, 5.74) is 1.77. The van der Waals surface area contributed by atoms with Gasteiger partial charge < -0.3 is 25.2 Å². The minimum atomic E-state index is -1.15. The summed E-state index contributed by atoms with van der Waals surface area (Å²) >= 11 is 14.6. The van der Waals surface area contributed by atoms with Gasteiger partial charge in [0.15, 0.2) is 0 Å². The molecule has 0 saturated heterocycles. The van der Waals surface area contributed by atoms with Gasteiger partial charge in [-0.2, -0.15) is 0 Å². The Morgan fingerprint density at radius 3 is 2.59 bits per heavy atom. The molecule has 1 aliphatic carbocycles. The number of halogens is 3. The molecule has 2 aromatic carbocycles. The van der Waals surface area contributed by atoms with Gasteiger partial charge in [-0.25, -0.2) is 0 Å². The number of carbonyl (C=O) groups excluding carboxylic acids is 2. The van der Waals surface area contributed by atoms with Crippen LogP contribution in [0.2, 0.25) is 10.0 Å². The number of hydrogen-bond acceptors (Lipinski definition) is 5. The number of amides is 2. The molecule has 0 heterocycles. The van der Waals surface area contributed by atoms with Crippen molar-refractivity contribution in [1.82, 2.24) is 10.2 Å². The van der Waals surface area contributed by atoms with Crippen LogP contribution in [-0.4, -0.2) is 58.3 Å². The normalized spacial score (nSPS) is 19.0. The predicted octanol–water partition coefficient (Wildman–Crippen LogP) is 4.51. The molecular formula is C27H29Cl2IN2O5. The van der Waals surface area contributed by atoms with Gasteiger partial charge in [0.05, 0.1) is 16.2 Å². The van der Waals surface area contributed by atoms with E-state index in [0.717, 1.165) is 9.14 Å². The summed E-state index contributed by atoms with van der Waals surface area (Å²) in [5, 5.41) is 24.1. The lowest BCUT2D eigenvalue weighted by Crippen LogP contribution is -2.54. The van der Waals surface area contributed by atoms with Crippen LogP contribution in [0.1, 0.15) is 25.8 Å². The molecule has 0 aromatic heterocycles. The minimum absolute atomic E-state index is 0.0757. The van der Waals surface area contributed by atoms with Crippen LogP contribution < -0.4 is 10.1 Å². The van der Waals surface area contributed by atoms with Crippen molar-refractivity contribution in [2.45, 2.75) is 45.1 Å². The molecule has 3 rings (SSSR count). The van der Waals surface area contributed by atoms with Crippen LogP contribution in [0, 0.1) is 3.57 Å². The molecule has 2 amide bonds. The second-order valence-electron chi connectivity index (χ2n) is 8.87. The van der Waals surface area contributed by atoms with Crippen LogP contribution in [0.25, 0.3) is 0 Å². The lowest BCUT2D eigenvalue weighted by Gasteiger charge is -2.40. The van der Waals surface area contributed by atoms with E-state index in [1.54, 1.807) is 44.2 Å². The van der Waals surface area contributed by atoms with Crippen molar-refractivity contribution in [3.63, 3.8) is 0 Å². The number of nitrogens with zero attached hydrogens (tertiary/aromatic N) is 1. The Kier molecular flexibility index (Phi) is 10.8. The predicted molar refractivity (Wildman–Crippen MR) is 153 cm³/mol. The third-order valence-electron chi connectivity index (χ3n) is 5.77. The Hall–Kier alpha value is -2.11. The molecule has 198 valence electrons. The smallest absolute Gasteiger partial charge is 0.247 e. The number of nitrogens with one attached hydrogen (secondary N) is 1. The SMILES string of the molecule is CC(C)=CC(=O)N(Cc1ccc(Cl)cc1Cl)C1CC(C(=O)NCCO)=CC(Oc2ccccc2I)C1O. The molecule has 0 radical (unpaired) electrons. The number of hydrogen-bond donors (Lipinski definition) is 3. The number of para-hydroxylation sites is 1. The van der Waals surface area contributed by atoms with Crippen LogP contribution in [0.3, 0.4) is 0 Å². The molecule has 0 saturated carbocycles. The highest BCUT2D eigenvalue weighted by molar-refractivity contribution is 14.1. The molecule has 3 atom stereocenters. The zero-order valence-corrected chi connectivity index (χ0v) is 24.1. The number of aliphatic hydroxyl groups is 2. The van der Waals surface area contributed by atoms with Crippen LogP contribution in [0.15, 0.2) is 65.8 Å². The maximum absolute atomic E-state index is 13.4. The zero-order chi connectivity index (χ0) is 27.1. The molecule has 7 nitrogen and oxygen atoms in total. The van der Waals surface area contributed by atoms with Gasteiger partial charge in [0.25, 0.3) is 0 Å². The van der Waals surface area contributed by atoms with Crippen LogP contribution in [0.4, 0.5) is 0 Å². The summed E-state index contributed by atoms with van der Waals surface area (Å²) in [6.07, 6.45) is 1.09. The van der Waals surface area contributed by atoms with Gasteiger partial charge in [0, 0.05) is 41.2 Å². The number of aliphatic hydroxyl groups excluding tert-OH is 2. The van der Waals surface area contributed by atoms with E-state index in [1.807, 2.05) is 18.2 Å². The van der Waals surface area contributed by atoms with E-state index < -0.39 is 24.2 Å². The number of benzene rings is 2. The Labute approximate surface area is 240 Å². The van der Waals surface area contributed by atoms with E-state index in [0.29, 0.717) is 26.9 Å². The highest BCUT2D eigenvalue weighted by Crippen LogP contribution is 2.32. The molecule has 2 aromatic rings. The third kappa shape index (κ3) is 7.94. The second kappa shape index (κ2) is 13.6. The van der Waals surface area contributed by atoms with Gasteiger partial charge in [-0.3, -0.25) is 9.59 Å². The fourth-order valence-electron chi connectivity index (χ4n) is 3.99. The molecule has 0 bridgehead atoms. The average Bonchev–Trinajstić information content (AvgIpc) is 2.84. The van der Waals surface area contributed by atoms with E-state index in [2.05, 4.69) is 27.9 Å². The number of carbonyl (C=O) groups is 2. The first-order valence-electron chi connectivity index (χ1n) is 11.7. The lowest BCUT2D eigenvalue weighted by atomic mass is 9.87. The summed E-state index contributed by atoms with van der Waals surface area (Å²) in [5.74, 6) is -0.191. The van der Waals surface area contributed by atoms with Gasteiger partial charge in [-0.1, -0.05) is 47.0 Å². The summed E-state index contributed by atoms with van der Waals surface area (Å²) in [7, 11) is 0. The molecule has 3 N–H and O–H groups in total. The zero-order valence-electron chi connectivity index (χ0n) is 20.5. The van der Waals surface area contributed by atoms with Gasteiger partial charge in [-0.05, 0) is 72.3 Å². The van der Waals surface area contributed by atoms with Crippen molar-refractivity contribution in [2.24, 2.45) is 0 Å². The second-order valence-corrected chi connectivity index (χ2v) is 10.9. The van der Waals surface area contributed by atoms with E-state index in [9.17, 15) is 14.7 Å². The van der Waals surface area contributed by atoms with Gasteiger partial charge in [0.2, 0.25) is 11.8 Å². The summed E-state index contributed by atoms with van der Waals surface area (Å²) in [4.78, 5) is 27.8. The van der Waals surface area contributed by atoms with Crippen molar-refractivity contribution in [3.05, 3.63) is 84.9 Å². The quantitative estimate of drug-likeness (QED) is 0.272. The molecular weight excluding hydrogens is 630 g/mol.